The van der Waals surface area contributed by atoms with Gasteiger partial charge in [0, 0.05) is 11.9 Å². The zero-order valence-corrected chi connectivity index (χ0v) is 13.4. The third-order valence-electron chi connectivity index (χ3n) is 3.33. The monoisotopic (exact) mass is 311 g/mol. The number of hydrogen-bond donors (Lipinski definition) is 0. The quantitative estimate of drug-likeness (QED) is 0.529. The summed E-state index contributed by atoms with van der Waals surface area (Å²) in [5.41, 5.74) is 3.62. The Balaban J connectivity index is 1.95. The molecule has 0 unspecified atom stereocenters. The van der Waals surface area contributed by atoms with Gasteiger partial charge in [0.15, 0.2) is 0 Å². The molecular formula is C17H17N3OS. The third kappa shape index (κ3) is 3.09. The van der Waals surface area contributed by atoms with E-state index in [-0.39, 0.29) is 0 Å². The maximum Gasteiger partial charge on any atom is 0.211 e. The van der Waals surface area contributed by atoms with Gasteiger partial charge in [-0.1, -0.05) is 29.8 Å². The summed E-state index contributed by atoms with van der Waals surface area (Å²) >= 11 is 1.59. The van der Waals surface area contributed by atoms with Crippen LogP contribution in [0.3, 0.4) is 0 Å². The first-order valence-electron chi connectivity index (χ1n) is 7.14. The van der Waals surface area contributed by atoms with E-state index >= 15 is 0 Å². The zero-order valence-electron chi connectivity index (χ0n) is 12.6. The average molecular weight is 311 g/mol. The molecule has 0 spiro atoms. The lowest BCUT2D eigenvalue weighted by molar-refractivity contribution is 0.560. The Morgan fingerprint density at radius 2 is 2.05 bits per heavy atom. The van der Waals surface area contributed by atoms with Crippen molar-refractivity contribution in [2.75, 3.05) is 0 Å². The van der Waals surface area contributed by atoms with E-state index in [1.54, 1.807) is 23.8 Å². The van der Waals surface area contributed by atoms with Gasteiger partial charge in [0.25, 0.3) is 0 Å². The van der Waals surface area contributed by atoms with Gasteiger partial charge in [0.05, 0.1) is 18.2 Å². The largest absolute Gasteiger partial charge is 0.463 e. The molecule has 0 saturated heterocycles. The van der Waals surface area contributed by atoms with Crippen LogP contribution in [0.4, 0.5) is 0 Å². The second-order valence-corrected chi connectivity index (χ2v) is 5.71. The molecule has 2 heterocycles. The Hall–Kier alpha value is -2.40. The molecule has 5 heteroatoms. The van der Waals surface area contributed by atoms with E-state index in [0.29, 0.717) is 5.76 Å². The Labute approximate surface area is 133 Å². The summed E-state index contributed by atoms with van der Waals surface area (Å²) < 4.78 is 7.36. The van der Waals surface area contributed by atoms with Crippen molar-refractivity contribution in [3.05, 3.63) is 64.2 Å². The van der Waals surface area contributed by atoms with E-state index in [0.717, 1.165) is 11.3 Å². The van der Waals surface area contributed by atoms with Crippen LogP contribution in [0.2, 0.25) is 0 Å². The number of hydrogen-bond acceptors (Lipinski definition) is 4. The summed E-state index contributed by atoms with van der Waals surface area (Å²) in [5, 5.41) is 10.5. The molecule has 0 aliphatic heterocycles. The molecule has 22 heavy (non-hydrogen) atoms. The average Bonchev–Trinajstić information content (AvgIpc) is 3.17. The van der Waals surface area contributed by atoms with Crippen LogP contribution in [0.5, 0.6) is 0 Å². The number of furan rings is 1. The molecular weight excluding hydrogens is 294 g/mol. The normalized spacial score (nSPS) is 12.4. The highest BCUT2D eigenvalue weighted by Gasteiger charge is 2.06. The first-order chi connectivity index (χ1) is 10.8. The molecule has 0 bridgehead atoms. The van der Waals surface area contributed by atoms with Crippen molar-refractivity contribution in [2.24, 2.45) is 10.2 Å². The second-order valence-electron chi connectivity index (χ2n) is 4.87. The van der Waals surface area contributed by atoms with E-state index < -0.39 is 0 Å². The van der Waals surface area contributed by atoms with Gasteiger partial charge in [-0.3, -0.25) is 0 Å². The van der Waals surface area contributed by atoms with E-state index in [1.807, 2.05) is 12.1 Å². The van der Waals surface area contributed by atoms with Crippen molar-refractivity contribution < 1.29 is 4.42 Å². The fourth-order valence-electron chi connectivity index (χ4n) is 2.17. The van der Waals surface area contributed by atoms with Crippen molar-refractivity contribution in [3.63, 3.8) is 0 Å². The Bertz CT molecular complexity index is 824. The minimum Gasteiger partial charge on any atom is -0.463 e. The summed E-state index contributed by atoms with van der Waals surface area (Å²) in [6, 6.07) is 12.2. The smallest absolute Gasteiger partial charge is 0.211 e. The van der Waals surface area contributed by atoms with Crippen LogP contribution >= 0.6 is 11.3 Å². The number of aryl methyl sites for hydroxylation is 1. The van der Waals surface area contributed by atoms with Crippen molar-refractivity contribution in [2.45, 2.75) is 20.4 Å². The minimum atomic E-state index is 0.696. The Morgan fingerprint density at radius 3 is 2.73 bits per heavy atom. The highest BCUT2D eigenvalue weighted by atomic mass is 32.1. The summed E-state index contributed by atoms with van der Waals surface area (Å²) in [6.07, 6.45) is 3.24. The summed E-state index contributed by atoms with van der Waals surface area (Å²) in [5.74, 6) is 0.696. The molecule has 3 aromatic rings. The maximum atomic E-state index is 5.20. The second kappa shape index (κ2) is 6.58. The van der Waals surface area contributed by atoms with Gasteiger partial charge in [-0.15, -0.1) is 16.4 Å². The fourth-order valence-corrected chi connectivity index (χ4v) is 3.10. The number of thiazole rings is 1. The number of aromatic nitrogens is 1. The van der Waals surface area contributed by atoms with Crippen LogP contribution in [-0.2, 0) is 6.54 Å². The van der Waals surface area contributed by atoms with Gasteiger partial charge in [-0.25, -0.2) is 0 Å². The molecule has 0 saturated carbocycles. The number of benzene rings is 1. The lowest BCUT2D eigenvalue weighted by Crippen LogP contribution is -2.14. The van der Waals surface area contributed by atoms with Crippen molar-refractivity contribution in [3.8, 4) is 11.3 Å². The van der Waals surface area contributed by atoms with E-state index in [1.165, 1.54) is 16.8 Å². The topological polar surface area (TPSA) is 42.8 Å². The molecule has 0 radical (unpaired) electrons. The Kier molecular flexibility index (Phi) is 4.34. The van der Waals surface area contributed by atoms with Gasteiger partial charge in [-0.05, 0) is 31.5 Å². The predicted molar refractivity (Wildman–Crippen MR) is 90.0 cm³/mol. The molecule has 0 aliphatic carbocycles. The first-order valence-corrected chi connectivity index (χ1v) is 8.02. The number of rotatable bonds is 4. The Morgan fingerprint density at radius 1 is 1.23 bits per heavy atom. The van der Waals surface area contributed by atoms with Crippen LogP contribution in [0.1, 0.15) is 18.2 Å². The maximum absolute atomic E-state index is 5.20. The van der Waals surface area contributed by atoms with E-state index in [2.05, 4.69) is 58.3 Å². The molecule has 3 rings (SSSR count). The molecule has 4 nitrogen and oxygen atoms in total. The lowest BCUT2D eigenvalue weighted by Gasteiger charge is -2.05. The predicted octanol–water partition coefficient (Wildman–Crippen LogP) is 4.07. The van der Waals surface area contributed by atoms with Crippen LogP contribution in [0, 0.1) is 6.92 Å². The van der Waals surface area contributed by atoms with Gasteiger partial charge in [0.2, 0.25) is 4.80 Å². The lowest BCUT2D eigenvalue weighted by atomic mass is 10.1. The van der Waals surface area contributed by atoms with Crippen molar-refractivity contribution in [1.29, 1.82) is 0 Å². The van der Waals surface area contributed by atoms with Crippen LogP contribution in [0.25, 0.3) is 11.3 Å². The summed E-state index contributed by atoms with van der Waals surface area (Å²) in [6.45, 7) is 5.05. The van der Waals surface area contributed by atoms with Gasteiger partial charge < -0.3 is 8.98 Å². The number of nitrogens with zero attached hydrogens (tertiary/aromatic N) is 3. The molecule has 0 N–H and O–H groups in total. The molecule has 2 aromatic heterocycles. The van der Waals surface area contributed by atoms with Gasteiger partial charge in [0.1, 0.15) is 5.76 Å². The third-order valence-corrected chi connectivity index (χ3v) is 4.19. The van der Waals surface area contributed by atoms with Crippen molar-refractivity contribution >= 4 is 17.6 Å². The first kappa shape index (κ1) is 14.5. The highest BCUT2D eigenvalue weighted by Crippen LogP contribution is 2.20. The SMILES string of the molecule is CCn1c(-c2ccc(C)cc2)cs/c1=N\N=C/c1ccco1. The van der Waals surface area contributed by atoms with Crippen LogP contribution < -0.4 is 4.80 Å². The summed E-state index contributed by atoms with van der Waals surface area (Å²) in [7, 11) is 0. The van der Waals surface area contributed by atoms with Gasteiger partial charge in [-0.2, -0.15) is 5.10 Å². The van der Waals surface area contributed by atoms with Crippen molar-refractivity contribution in [1.82, 2.24) is 4.57 Å². The van der Waals surface area contributed by atoms with Crippen LogP contribution in [0.15, 0.2) is 62.7 Å². The standard InChI is InChI=1S/C17H17N3OS/c1-3-20-16(14-8-6-13(2)7-9-14)12-22-17(20)19-18-11-15-5-4-10-21-15/h4-12H,3H2,1-2H3/b18-11-,19-17-. The summed E-state index contributed by atoms with van der Waals surface area (Å²) in [4.78, 5) is 0.876. The highest BCUT2D eigenvalue weighted by molar-refractivity contribution is 7.07. The molecule has 1 aromatic carbocycles. The van der Waals surface area contributed by atoms with E-state index in [9.17, 15) is 0 Å². The zero-order chi connectivity index (χ0) is 15.4. The molecule has 0 amide bonds. The molecule has 0 fully saturated rings. The minimum absolute atomic E-state index is 0.696. The molecule has 0 aliphatic rings. The fraction of sp³-hybridized carbons (Fsp3) is 0.176. The molecule has 0 atom stereocenters. The van der Waals surface area contributed by atoms with Crippen LogP contribution in [-0.4, -0.2) is 10.8 Å². The van der Waals surface area contributed by atoms with Gasteiger partial charge >= 0.3 is 0 Å². The molecule has 112 valence electrons. The van der Waals surface area contributed by atoms with E-state index in [4.69, 9.17) is 4.42 Å².